The van der Waals surface area contributed by atoms with Gasteiger partial charge in [-0.3, -0.25) is 19.4 Å². The van der Waals surface area contributed by atoms with Gasteiger partial charge >= 0.3 is 0 Å². The molecule has 3 aromatic rings. The van der Waals surface area contributed by atoms with Crippen molar-refractivity contribution in [3.63, 3.8) is 0 Å². The van der Waals surface area contributed by atoms with Crippen molar-refractivity contribution in [3.05, 3.63) is 59.7 Å². The number of carbonyl (C=O) groups excluding carboxylic acids is 1. The van der Waals surface area contributed by atoms with Crippen LogP contribution in [0.2, 0.25) is 0 Å². The Labute approximate surface area is 146 Å². The second-order valence-corrected chi connectivity index (χ2v) is 6.04. The number of hydrogen-bond donors (Lipinski definition) is 0. The maximum Gasteiger partial charge on any atom is 0.154 e. The van der Waals surface area contributed by atoms with E-state index >= 15 is 0 Å². The van der Waals surface area contributed by atoms with Crippen LogP contribution in [0, 0.1) is 6.92 Å². The molecule has 0 saturated carbocycles. The molecule has 6 nitrogen and oxygen atoms in total. The van der Waals surface area contributed by atoms with Crippen LogP contribution in [0.15, 0.2) is 43.0 Å². The lowest BCUT2D eigenvalue weighted by molar-refractivity contribution is 0.111. The van der Waals surface area contributed by atoms with Crippen molar-refractivity contribution in [3.8, 4) is 17.1 Å². The zero-order valence-corrected chi connectivity index (χ0v) is 14.5. The van der Waals surface area contributed by atoms with Crippen LogP contribution < -0.4 is 4.74 Å². The Morgan fingerprint density at radius 3 is 2.84 bits per heavy atom. The quantitative estimate of drug-likeness (QED) is 0.643. The second kappa shape index (κ2) is 7.25. The highest BCUT2D eigenvalue weighted by atomic mass is 16.5. The molecule has 3 heterocycles. The smallest absolute Gasteiger partial charge is 0.154 e. The van der Waals surface area contributed by atoms with Crippen molar-refractivity contribution < 1.29 is 9.53 Å². The number of carbonyl (C=O) groups is 1. The van der Waals surface area contributed by atoms with Crippen LogP contribution in [0.5, 0.6) is 5.75 Å². The van der Waals surface area contributed by atoms with Crippen molar-refractivity contribution in [2.75, 3.05) is 0 Å². The van der Waals surface area contributed by atoms with Gasteiger partial charge < -0.3 is 4.74 Å². The molecule has 0 amide bonds. The predicted molar refractivity (Wildman–Crippen MR) is 94.5 cm³/mol. The molecule has 3 rings (SSSR count). The molecule has 6 heteroatoms. The number of aldehydes is 1. The molecule has 3 aromatic heterocycles. The van der Waals surface area contributed by atoms with E-state index in [-0.39, 0.29) is 6.04 Å². The fourth-order valence-electron chi connectivity index (χ4n) is 2.67. The summed E-state index contributed by atoms with van der Waals surface area (Å²) in [4.78, 5) is 19.9. The lowest BCUT2D eigenvalue weighted by Gasteiger charge is -2.14. The van der Waals surface area contributed by atoms with Gasteiger partial charge in [0, 0.05) is 30.2 Å². The van der Waals surface area contributed by atoms with Crippen LogP contribution in [0.4, 0.5) is 0 Å². The van der Waals surface area contributed by atoms with Crippen LogP contribution in [-0.4, -0.2) is 26.0 Å². The highest BCUT2D eigenvalue weighted by Gasteiger charge is 2.14. The molecule has 0 atom stereocenters. The van der Waals surface area contributed by atoms with Crippen LogP contribution in [-0.2, 0) is 6.61 Å². The largest absolute Gasteiger partial charge is 0.486 e. The topological polar surface area (TPSA) is 69.9 Å². The number of pyridine rings is 2. The summed E-state index contributed by atoms with van der Waals surface area (Å²) in [5.74, 6) is 0.474. The van der Waals surface area contributed by atoms with Gasteiger partial charge in [-0.1, -0.05) is 6.07 Å². The zero-order valence-electron chi connectivity index (χ0n) is 14.5. The average Bonchev–Trinajstić information content (AvgIpc) is 3.10. The van der Waals surface area contributed by atoms with E-state index in [1.165, 1.54) is 0 Å². The minimum absolute atomic E-state index is 0.225. The Morgan fingerprint density at radius 1 is 1.24 bits per heavy atom. The Bertz CT molecular complexity index is 887. The minimum Gasteiger partial charge on any atom is -0.486 e. The van der Waals surface area contributed by atoms with Gasteiger partial charge in [0.05, 0.1) is 23.1 Å². The first-order chi connectivity index (χ1) is 12.1. The van der Waals surface area contributed by atoms with E-state index in [2.05, 4.69) is 28.9 Å². The van der Waals surface area contributed by atoms with Crippen molar-refractivity contribution in [2.24, 2.45) is 0 Å². The molecule has 0 unspecified atom stereocenters. The van der Waals surface area contributed by atoms with E-state index in [0.717, 1.165) is 28.8 Å². The van der Waals surface area contributed by atoms with Gasteiger partial charge in [-0.15, -0.1) is 0 Å². The lowest BCUT2D eigenvalue weighted by atomic mass is 10.1. The number of ether oxygens (including phenoxy) is 1. The van der Waals surface area contributed by atoms with Gasteiger partial charge in [0.15, 0.2) is 6.29 Å². The summed E-state index contributed by atoms with van der Waals surface area (Å²) < 4.78 is 7.80. The van der Waals surface area contributed by atoms with E-state index in [9.17, 15) is 4.79 Å². The first-order valence-electron chi connectivity index (χ1n) is 8.12. The maximum absolute atomic E-state index is 11.3. The maximum atomic E-state index is 11.3. The predicted octanol–water partition coefficient (Wildman–Crippen LogP) is 3.62. The Kier molecular flexibility index (Phi) is 4.88. The number of nitrogens with zero attached hydrogens (tertiary/aromatic N) is 4. The third-order valence-electron chi connectivity index (χ3n) is 3.94. The van der Waals surface area contributed by atoms with Gasteiger partial charge in [-0.25, -0.2) is 0 Å². The molecule has 0 N–H and O–H groups in total. The van der Waals surface area contributed by atoms with Gasteiger partial charge in [0.2, 0.25) is 0 Å². The van der Waals surface area contributed by atoms with E-state index in [4.69, 9.17) is 4.74 Å². The molecule has 0 bridgehead atoms. The molecular formula is C19H20N4O2. The van der Waals surface area contributed by atoms with Gasteiger partial charge in [0.25, 0.3) is 0 Å². The Hall–Kier alpha value is -3.02. The monoisotopic (exact) mass is 336 g/mol. The van der Waals surface area contributed by atoms with Crippen molar-refractivity contribution in [2.45, 2.75) is 33.4 Å². The van der Waals surface area contributed by atoms with Gasteiger partial charge in [-0.05, 0) is 38.5 Å². The normalized spacial score (nSPS) is 10.9. The molecule has 0 aliphatic heterocycles. The highest BCUT2D eigenvalue weighted by molar-refractivity contribution is 5.81. The van der Waals surface area contributed by atoms with Crippen molar-refractivity contribution in [1.82, 2.24) is 19.7 Å². The molecule has 0 spiro atoms. The van der Waals surface area contributed by atoms with Crippen LogP contribution in [0.25, 0.3) is 11.4 Å². The molecule has 0 aliphatic carbocycles. The Morgan fingerprint density at radius 2 is 2.08 bits per heavy atom. The SMILES string of the molecule is Cc1cncc(OCc2cccnc2-c2ccnn2C(C)C)c1C=O. The third-order valence-corrected chi connectivity index (χ3v) is 3.94. The van der Waals surface area contributed by atoms with Crippen LogP contribution in [0.1, 0.15) is 41.4 Å². The first-order valence-corrected chi connectivity index (χ1v) is 8.12. The summed E-state index contributed by atoms with van der Waals surface area (Å²) in [7, 11) is 0. The van der Waals surface area contributed by atoms with E-state index in [1.807, 2.05) is 29.8 Å². The third kappa shape index (κ3) is 3.42. The summed E-state index contributed by atoms with van der Waals surface area (Å²) >= 11 is 0. The molecule has 0 radical (unpaired) electrons. The fraction of sp³-hybridized carbons (Fsp3) is 0.263. The van der Waals surface area contributed by atoms with E-state index in [1.54, 1.807) is 24.8 Å². The van der Waals surface area contributed by atoms with Crippen molar-refractivity contribution >= 4 is 6.29 Å². The molecule has 128 valence electrons. The highest BCUT2D eigenvalue weighted by Crippen LogP contribution is 2.26. The second-order valence-electron chi connectivity index (χ2n) is 6.04. The summed E-state index contributed by atoms with van der Waals surface area (Å²) in [6, 6.07) is 6.00. The summed E-state index contributed by atoms with van der Waals surface area (Å²) in [6.07, 6.45) is 7.52. The fourth-order valence-corrected chi connectivity index (χ4v) is 2.67. The zero-order chi connectivity index (χ0) is 17.8. The average molecular weight is 336 g/mol. The van der Waals surface area contributed by atoms with Gasteiger partial charge in [-0.2, -0.15) is 5.10 Å². The lowest BCUT2D eigenvalue weighted by Crippen LogP contribution is -2.08. The minimum atomic E-state index is 0.225. The number of aryl methyl sites for hydroxylation is 1. The van der Waals surface area contributed by atoms with Crippen LogP contribution >= 0.6 is 0 Å². The summed E-state index contributed by atoms with van der Waals surface area (Å²) in [5.41, 5.74) is 3.99. The standard InChI is InChI=1S/C19H20N4O2/c1-13(2)23-17(6-8-22-23)19-15(5-4-7-21-19)12-25-18-10-20-9-14(3)16(18)11-24/h4-11,13H,12H2,1-3H3. The van der Waals surface area contributed by atoms with E-state index in [0.29, 0.717) is 17.9 Å². The van der Waals surface area contributed by atoms with Crippen molar-refractivity contribution in [1.29, 1.82) is 0 Å². The Balaban J connectivity index is 1.91. The first kappa shape index (κ1) is 16.8. The number of rotatable bonds is 6. The molecule has 0 aromatic carbocycles. The molecule has 0 fully saturated rings. The summed E-state index contributed by atoms with van der Waals surface area (Å²) in [6.45, 7) is 6.27. The summed E-state index contributed by atoms with van der Waals surface area (Å²) in [5, 5.41) is 4.37. The van der Waals surface area contributed by atoms with E-state index < -0.39 is 0 Å². The molecule has 0 saturated heterocycles. The molecular weight excluding hydrogens is 316 g/mol. The van der Waals surface area contributed by atoms with Crippen LogP contribution in [0.3, 0.4) is 0 Å². The number of aromatic nitrogens is 4. The van der Waals surface area contributed by atoms with Gasteiger partial charge in [0.1, 0.15) is 12.4 Å². The number of hydrogen-bond acceptors (Lipinski definition) is 5. The molecule has 25 heavy (non-hydrogen) atoms. The molecule has 0 aliphatic rings.